The molecule has 144 valence electrons. The van der Waals surface area contributed by atoms with Gasteiger partial charge in [0.1, 0.15) is 0 Å². The van der Waals surface area contributed by atoms with Crippen LogP contribution in [-0.2, 0) is 17.6 Å². The minimum Gasteiger partial charge on any atom is -0.373 e. The summed E-state index contributed by atoms with van der Waals surface area (Å²) >= 11 is 0. The molecule has 0 aromatic heterocycles. The van der Waals surface area contributed by atoms with Crippen LogP contribution in [0.3, 0.4) is 0 Å². The average Bonchev–Trinajstić information content (AvgIpc) is 2.60. The fourth-order valence-electron chi connectivity index (χ4n) is 4.13. The number of morpholine rings is 1. The Balaban J connectivity index is 1.65. The topological polar surface area (TPSA) is 62.9 Å². The molecule has 5 heteroatoms. The molecule has 1 aromatic rings. The number of nitrogens with one attached hydrogen (secondary N) is 1. The summed E-state index contributed by atoms with van der Waals surface area (Å²) < 4.78 is 5.85. The first-order valence-corrected chi connectivity index (χ1v) is 9.93. The van der Waals surface area contributed by atoms with E-state index in [0.717, 1.165) is 25.2 Å². The minimum atomic E-state index is -0.0469. The van der Waals surface area contributed by atoms with Crippen molar-refractivity contribution in [1.82, 2.24) is 4.90 Å². The lowest BCUT2D eigenvalue weighted by Gasteiger charge is -2.44. The first-order chi connectivity index (χ1) is 12.3. The molecule has 0 amide bonds. The average molecular weight is 359 g/mol. The van der Waals surface area contributed by atoms with Gasteiger partial charge in [0.25, 0.3) is 0 Å². The van der Waals surface area contributed by atoms with Crippen molar-refractivity contribution in [3.8, 4) is 0 Å². The number of aryl methyl sites for hydroxylation is 1. The molecule has 3 N–H and O–H groups in total. The molecule has 1 aromatic carbocycles. The Morgan fingerprint density at radius 2 is 1.92 bits per heavy atom. The number of fused-ring (bicyclic) bond motifs is 1. The maximum atomic E-state index is 6.23. The summed E-state index contributed by atoms with van der Waals surface area (Å²) in [6.07, 6.45) is 5.35. The van der Waals surface area contributed by atoms with E-state index in [2.05, 4.69) is 61.1 Å². The van der Waals surface area contributed by atoms with Gasteiger partial charge in [0.15, 0.2) is 5.96 Å². The van der Waals surface area contributed by atoms with E-state index in [0.29, 0.717) is 12.5 Å². The maximum Gasteiger partial charge on any atom is 0.193 e. The predicted molar refractivity (Wildman–Crippen MR) is 109 cm³/mol. The highest BCUT2D eigenvalue weighted by Crippen LogP contribution is 2.28. The first-order valence-electron chi connectivity index (χ1n) is 9.93. The van der Waals surface area contributed by atoms with Crippen LogP contribution in [0.4, 0.5) is 5.69 Å². The Kier molecular flexibility index (Phi) is 5.88. The molecule has 1 aliphatic carbocycles. The zero-order chi connectivity index (χ0) is 18.7. The van der Waals surface area contributed by atoms with Crippen LogP contribution >= 0.6 is 0 Å². The van der Waals surface area contributed by atoms with Gasteiger partial charge in [-0.05, 0) is 70.6 Å². The molecule has 1 aliphatic heterocycles. The van der Waals surface area contributed by atoms with Gasteiger partial charge in [0.2, 0.25) is 0 Å². The quantitative estimate of drug-likeness (QED) is 0.641. The van der Waals surface area contributed by atoms with E-state index < -0.39 is 0 Å². The monoisotopic (exact) mass is 358 g/mol. The smallest absolute Gasteiger partial charge is 0.193 e. The summed E-state index contributed by atoms with van der Waals surface area (Å²) in [5, 5.41) is 3.35. The molecular weight excluding hydrogens is 324 g/mol. The van der Waals surface area contributed by atoms with E-state index in [1.165, 1.54) is 30.4 Å². The summed E-state index contributed by atoms with van der Waals surface area (Å²) in [7, 11) is 0. The fourth-order valence-corrected chi connectivity index (χ4v) is 4.13. The van der Waals surface area contributed by atoms with Crippen LogP contribution < -0.4 is 11.1 Å². The van der Waals surface area contributed by atoms with Crippen molar-refractivity contribution in [3.63, 3.8) is 0 Å². The first kappa shape index (κ1) is 19.2. The second kappa shape index (κ2) is 7.97. The van der Waals surface area contributed by atoms with E-state index in [-0.39, 0.29) is 17.7 Å². The van der Waals surface area contributed by atoms with Crippen LogP contribution in [0.15, 0.2) is 23.2 Å². The number of hydrogen-bond donors (Lipinski definition) is 2. The lowest BCUT2D eigenvalue weighted by molar-refractivity contribution is -0.0939. The van der Waals surface area contributed by atoms with Gasteiger partial charge in [0.05, 0.1) is 18.8 Å². The van der Waals surface area contributed by atoms with Gasteiger partial charge in [-0.2, -0.15) is 0 Å². The van der Waals surface area contributed by atoms with Gasteiger partial charge in [0, 0.05) is 24.3 Å². The van der Waals surface area contributed by atoms with E-state index in [1.54, 1.807) is 0 Å². The van der Waals surface area contributed by atoms with E-state index in [1.807, 2.05) is 0 Å². The molecule has 26 heavy (non-hydrogen) atoms. The van der Waals surface area contributed by atoms with Crippen LogP contribution in [0.2, 0.25) is 0 Å². The highest BCUT2D eigenvalue weighted by atomic mass is 16.5. The van der Waals surface area contributed by atoms with Gasteiger partial charge in [-0.1, -0.05) is 12.1 Å². The third-order valence-corrected chi connectivity index (χ3v) is 5.57. The third-order valence-electron chi connectivity index (χ3n) is 5.57. The normalized spacial score (nSPS) is 25.0. The highest BCUT2D eigenvalue weighted by Gasteiger charge is 2.33. The molecule has 2 atom stereocenters. The summed E-state index contributed by atoms with van der Waals surface area (Å²) in [5.41, 5.74) is 10.2. The maximum absolute atomic E-state index is 6.23. The summed E-state index contributed by atoms with van der Waals surface area (Å²) in [6.45, 7) is 11.3. The number of nitrogens with two attached hydrogens (primary N) is 1. The van der Waals surface area contributed by atoms with Gasteiger partial charge in [-0.15, -0.1) is 0 Å². The van der Waals surface area contributed by atoms with E-state index in [4.69, 9.17) is 10.5 Å². The van der Waals surface area contributed by atoms with E-state index >= 15 is 0 Å². The molecule has 0 saturated carbocycles. The van der Waals surface area contributed by atoms with Gasteiger partial charge in [-0.3, -0.25) is 9.89 Å². The number of aliphatic imine (C=N–C) groups is 1. The molecule has 3 rings (SSSR count). The molecule has 1 heterocycles. The Labute approximate surface area is 158 Å². The predicted octanol–water partition coefficient (Wildman–Crippen LogP) is 3.18. The number of nitrogens with zero attached hydrogens (tertiary/aromatic N) is 2. The van der Waals surface area contributed by atoms with Gasteiger partial charge >= 0.3 is 0 Å². The number of ether oxygens (including phenoxy) is 1. The van der Waals surface area contributed by atoms with Crippen LogP contribution in [0.25, 0.3) is 0 Å². The van der Waals surface area contributed by atoms with Crippen LogP contribution in [0.1, 0.15) is 51.7 Å². The third kappa shape index (κ3) is 4.57. The molecule has 2 unspecified atom stereocenters. The number of benzene rings is 1. The fraction of sp³-hybridized carbons (Fsp3) is 0.667. The van der Waals surface area contributed by atoms with Gasteiger partial charge < -0.3 is 15.8 Å². The second-order valence-electron chi connectivity index (χ2n) is 8.45. The molecule has 1 fully saturated rings. The highest BCUT2D eigenvalue weighted by molar-refractivity contribution is 5.93. The van der Waals surface area contributed by atoms with Crippen molar-refractivity contribution in [3.05, 3.63) is 29.3 Å². The number of anilines is 1. The molecule has 0 radical (unpaired) electrons. The Bertz CT molecular complexity index is 645. The molecular formula is C21H34N4O. The lowest BCUT2D eigenvalue weighted by Crippen LogP contribution is -2.56. The summed E-state index contributed by atoms with van der Waals surface area (Å²) in [5.74, 6) is 0.506. The van der Waals surface area contributed by atoms with Crippen LogP contribution in [0.5, 0.6) is 0 Å². The zero-order valence-corrected chi connectivity index (χ0v) is 16.7. The van der Waals surface area contributed by atoms with Crippen LogP contribution in [-0.4, -0.2) is 48.2 Å². The molecule has 1 saturated heterocycles. The number of guanidine groups is 1. The summed E-state index contributed by atoms with van der Waals surface area (Å²) in [4.78, 5) is 7.13. The molecule has 0 bridgehead atoms. The molecule has 2 aliphatic rings. The number of rotatable bonds is 4. The van der Waals surface area contributed by atoms with Crippen molar-refractivity contribution in [2.75, 3.05) is 25.0 Å². The SMILES string of the molecule is CC1CN(C(C)(C)CN=C(N)Nc2cccc3c2CCCC3)CC(C)O1. The van der Waals surface area contributed by atoms with Crippen molar-refractivity contribution < 1.29 is 4.74 Å². The Hall–Kier alpha value is -1.59. The Morgan fingerprint density at radius 3 is 2.65 bits per heavy atom. The standard InChI is InChI=1S/C21H34N4O/c1-15-12-25(13-16(2)26-15)21(3,4)14-23-20(22)24-19-11-7-9-17-8-5-6-10-18(17)19/h7,9,11,15-16H,5-6,8,10,12-14H2,1-4H3,(H3,22,23,24). The van der Waals surface area contributed by atoms with Crippen molar-refractivity contribution >= 4 is 11.6 Å². The second-order valence-corrected chi connectivity index (χ2v) is 8.45. The molecule has 0 spiro atoms. The van der Waals surface area contributed by atoms with Crippen LogP contribution in [0, 0.1) is 0 Å². The lowest BCUT2D eigenvalue weighted by atomic mass is 9.90. The summed E-state index contributed by atoms with van der Waals surface area (Å²) in [6, 6.07) is 6.46. The van der Waals surface area contributed by atoms with Gasteiger partial charge in [-0.25, -0.2) is 0 Å². The minimum absolute atomic E-state index is 0.0469. The number of hydrogen-bond acceptors (Lipinski definition) is 3. The van der Waals surface area contributed by atoms with Crippen molar-refractivity contribution in [2.45, 2.75) is 71.1 Å². The Morgan fingerprint density at radius 1 is 1.23 bits per heavy atom. The van der Waals surface area contributed by atoms with E-state index in [9.17, 15) is 0 Å². The molecule has 5 nitrogen and oxygen atoms in total. The van der Waals surface area contributed by atoms with Crippen molar-refractivity contribution in [2.24, 2.45) is 10.7 Å². The zero-order valence-electron chi connectivity index (χ0n) is 16.7. The van der Waals surface area contributed by atoms with Crippen molar-refractivity contribution in [1.29, 1.82) is 0 Å². The largest absolute Gasteiger partial charge is 0.373 e.